The van der Waals surface area contributed by atoms with E-state index >= 15 is 0 Å². The summed E-state index contributed by atoms with van der Waals surface area (Å²) in [5.41, 5.74) is 1.67. The van der Waals surface area contributed by atoms with Gasteiger partial charge in [0.15, 0.2) is 0 Å². The Labute approximate surface area is 104 Å². The first-order valence-electron chi connectivity index (χ1n) is 5.62. The van der Waals surface area contributed by atoms with Crippen molar-refractivity contribution in [2.24, 2.45) is 0 Å². The molecule has 0 aliphatic rings. The van der Waals surface area contributed by atoms with Gasteiger partial charge in [-0.05, 0) is 32.9 Å². The van der Waals surface area contributed by atoms with Crippen LogP contribution in [-0.4, -0.2) is 22.4 Å². The van der Waals surface area contributed by atoms with Crippen molar-refractivity contribution < 1.29 is 18.3 Å². The number of nitrogens with zero attached hydrogens (tertiary/aromatic N) is 2. The zero-order chi connectivity index (χ0) is 13.7. The Balaban J connectivity index is 2.52. The molecule has 0 aromatic carbocycles. The number of carbonyl (C=O) groups excluding carboxylic acids is 1. The number of halogens is 2. The average Bonchev–Trinajstić information content (AvgIpc) is 2.62. The van der Waals surface area contributed by atoms with Gasteiger partial charge in [0.2, 0.25) is 0 Å². The number of ether oxygens (including phenoxy) is 1. The number of hydrogen-bond acceptors (Lipinski definition) is 3. The van der Waals surface area contributed by atoms with Crippen LogP contribution in [0.1, 0.15) is 30.8 Å². The molecule has 0 aliphatic heterocycles. The van der Waals surface area contributed by atoms with Gasteiger partial charge in [-0.1, -0.05) is 0 Å². The highest BCUT2D eigenvalue weighted by molar-refractivity contribution is 5.73. The molecule has 1 aromatic heterocycles. The van der Waals surface area contributed by atoms with Crippen LogP contribution in [0.15, 0.2) is 18.2 Å². The second kappa shape index (κ2) is 6.28. The van der Waals surface area contributed by atoms with Crippen LogP contribution in [0, 0.1) is 13.8 Å². The van der Waals surface area contributed by atoms with E-state index in [2.05, 4.69) is 5.10 Å². The highest BCUT2D eigenvalue weighted by Crippen LogP contribution is 2.12. The molecule has 0 saturated carbocycles. The quantitative estimate of drug-likeness (QED) is 0.602. The fourth-order valence-electron chi connectivity index (χ4n) is 1.59. The molecule has 0 fully saturated rings. The molecule has 0 N–H and O–H groups in total. The van der Waals surface area contributed by atoms with E-state index in [0.29, 0.717) is 0 Å². The minimum atomic E-state index is -1.77. The van der Waals surface area contributed by atoms with Crippen molar-refractivity contribution in [3.8, 4) is 0 Å². The van der Waals surface area contributed by atoms with Crippen molar-refractivity contribution in [1.29, 1.82) is 0 Å². The SMILES string of the molecule is Cc1cc(C)n(C(C)C(=O)OCCC=C(F)F)n1. The molecule has 100 valence electrons. The predicted molar refractivity (Wildman–Crippen MR) is 62.3 cm³/mol. The van der Waals surface area contributed by atoms with E-state index in [4.69, 9.17) is 4.74 Å². The molecule has 0 bridgehead atoms. The molecule has 1 aromatic rings. The summed E-state index contributed by atoms with van der Waals surface area (Å²) in [5, 5.41) is 4.17. The van der Waals surface area contributed by atoms with Crippen molar-refractivity contribution in [2.75, 3.05) is 6.61 Å². The maximum Gasteiger partial charge on any atom is 0.330 e. The Kier molecular flexibility index (Phi) is 5.00. The predicted octanol–water partition coefficient (Wildman–Crippen LogP) is 2.77. The average molecular weight is 258 g/mol. The number of aromatic nitrogens is 2. The lowest BCUT2D eigenvalue weighted by Crippen LogP contribution is -2.21. The molecule has 1 unspecified atom stereocenters. The smallest absolute Gasteiger partial charge is 0.330 e. The number of rotatable bonds is 5. The molecule has 6 heteroatoms. The maximum atomic E-state index is 11.7. The summed E-state index contributed by atoms with van der Waals surface area (Å²) >= 11 is 0. The van der Waals surface area contributed by atoms with Crippen molar-refractivity contribution in [2.45, 2.75) is 33.2 Å². The van der Waals surface area contributed by atoms with Gasteiger partial charge in [0.25, 0.3) is 6.08 Å². The van der Waals surface area contributed by atoms with Gasteiger partial charge in [-0.3, -0.25) is 4.68 Å². The third-order valence-electron chi connectivity index (χ3n) is 2.41. The molecule has 0 aliphatic carbocycles. The molecule has 18 heavy (non-hydrogen) atoms. The second-order valence-corrected chi connectivity index (χ2v) is 4.00. The summed E-state index contributed by atoms with van der Waals surface area (Å²) in [6.45, 7) is 5.27. The first-order valence-corrected chi connectivity index (χ1v) is 5.62. The molecule has 0 amide bonds. The Hall–Kier alpha value is -1.72. The lowest BCUT2D eigenvalue weighted by molar-refractivity contribution is -0.147. The molecule has 0 saturated heterocycles. The van der Waals surface area contributed by atoms with Gasteiger partial charge in [0, 0.05) is 12.1 Å². The number of aryl methyl sites for hydroxylation is 2. The lowest BCUT2D eigenvalue weighted by atomic mass is 10.3. The first kappa shape index (κ1) is 14.3. The molecular weight excluding hydrogens is 242 g/mol. The van der Waals surface area contributed by atoms with Crippen LogP contribution in [0.25, 0.3) is 0 Å². The van der Waals surface area contributed by atoms with Crippen molar-refractivity contribution in [1.82, 2.24) is 9.78 Å². The van der Waals surface area contributed by atoms with E-state index in [-0.39, 0.29) is 13.0 Å². The topological polar surface area (TPSA) is 44.1 Å². The zero-order valence-electron chi connectivity index (χ0n) is 10.6. The van der Waals surface area contributed by atoms with Gasteiger partial charge >= 0.3 is 5.97 Å². The normalized spacial score (nSPS) is 12.1. The molecule has 0 spiro atoms. The maximum absolute atomic E-state index is 11.7. The van der Waals surface area contributed by atoms with Crippen LogP contribution in [0.5, 0.6) is 0 Å². The summed E-state index contributed by atoms with van der Waals surface area (Å²) < 4.78 is 29.9. The molecule has 1 atom stereocenters. The van der Waals surface area contributed by atoms with Crippen LogP contribution in [-0.2, 0) is 9.53 Å². The van der Waals surface area contributed by atoms with Gasteiger partial charge < -0.3 is 4.74 Å². The lowest BCUT2D eigenvalue weighted by Gasteiger charge is -2.13. The summed E-state index contributed by atoms with van der Waals surface area (Å²) in [6, 6.07) is 1.29. The van der Waals surface area contributed by atoms with Gasteiger partial charge in [0.1, 0.15) is 6.04 Å². The standard InChI is InChI=1S/C12H16F2N2O2/c1-8-7-9(2)16(15-8)10(3)12(17)18-6-4-5-11(13)14/h5,7,10H,4,6H2,1-3H3. The van der Waals surface area contributed by atoms with Crippen LogP contribution >= 0.6 is 0 Å². The fraction of sp³-hybridized carbons (Fsp3) is 0.500. The first-order chi connectivity index (χ1) is 8.41. The second-order valence-electron chi connectivity index (χ2n) is 4.00. The summed E-state index contributed by atoms with van der Waals surface area (Å²) in [5.74, 6) is -0.478. The Bertz CT molecular complexity index is 451. The molecule has 0 radical (unpaired) electrons. The van der Waals surface area contributed by atoms with Crippen molar-refractivity contribution in [3.05, 3.63) is 29.6 Å². The molecule has 1 rings (SSSR count). The summed E-state index contributed by atoms with van der Waals surface area (Å²) in [6.07, 6.45) is -1.03. The zero-order valence-corrected chi connectivity index (χ0v) is 10.6. The number of hydrogen-bond donors (Lipinski definition) is 0. The van der Waals surface area contributed by atoms with Crippen LogP contribution < -0.4 is 0 Å². The summed E-state index contributed by atoms with van der Waals surface area (Å²) in [4.78, 5) is 11.7. The highest BCUT2D eigenvalue weighted by Gasteiger charge is 2.18. The van der Waals surface area contributed by atoms with E-state index in [1.165, 1.54) is 0 Å². The van der Waals surface area contributed by atoms with Gasteiger partial charge in [0.05, 0.1) is 12.3 Å². The third-order valence-corrected chi connectivity index (χ3v) is 2.41. The van der Waals surface area contributed by atoms with E-state index in [1.54, 1.807) is 11.6 Å². The van der Waals surface area contributed by atoms with E-state index in [9.17, 15) is 13.6 Å². The van der Waals surface area contributed by atoms with E-state index < -0.39 is 18.1 Å². The minimum absolute atomic E-state index is 0.0118. The molecular formula is C12H16F2N2O2. The van der Waals surface area contributed by atoms with Crippen LogP contribution in [0.2, 0.25) is 0 Å². The van der Waals surface area contributed by atoms with E-state index in [1.807, 2.05) is 19.9 Å². The monoisotopic (exact) mass is 258 g/mol. The van der Waals surface area contributed by atoms with Crippen LogP contribution in [0.3, 0.4) is 0 Å². The largest absolute Gasteiger partial charge is 0.464 e. The minimum Gasteiger partial charge on any atom is -0.464 e. The molecule has 4 nitrogen and oxygen atoms in total. The van der Waals surface area contributed by atoms with Crippen molar-refractivity contribution >= 4 is 5.97 Å². The molecule has 1 heterocycles. The Morgan fingerprint density at radius 1 is 1.56 bits per heavy atom. The number of esters is 1. The van der Waals surface area contributed by atoms with Crippen molar-refractivity contribution in [3.63, 3.8) is 0 Å². The van der Waals surface area contributed by atoms with Crippen LogP contribution in [0.4, 0.5) is 8.78 Å². The Morgan fingerprint density at radius 3 is 2.72 bits per heavy atom. The van der Waals surface area contributed by atoms with Gasteiger partial charge in [-0.15, -0.1) is 0 Å². The highest BCUT2D eigenvalue weighted by atomic mass is 19.3. The van der Waals surface area contributed by atoms with E-state index in [0.717, 1.165) is 17.5 Å². The third kappa shape index (κ3) is 3.94. The van der Waals surface area contributed by atoms with Gasteiger partial charge in [-0.25, -0.2) is 4.79 Å². The Morgan fingerprint density at radius 2 is 2.22 bits per heavy atom. The number of carbonyl (C=O) groups is 1. The fourth-order valence-corrected chi connectivity index (χ4v) is 1.59. The summed E-state index contributed by atoms with van der Waals surface area (Å²) in [7, 11) is 0. The van der Waals surface area contributed by atoms with Gasteiger partial charge in [-0.2, -0.15) is 13.9 Å².